The van der Waals surface area contributed by atoms with Crippen LogP contribution in [0.1, 0.15) is 5.56 Å². The minimum absolute atomic E-state index is 0.131. The first-order chi connectivity index (χ1) is 7.04. The Labute approximate surface area is 96.9 Å². The fourth-order valence-electron chi connectivity index (χ4n) is 0.914. The number of rotatable bonds is 2. The quantitative estimate of drug-likeness (QED) is 0.645. The Balaban J connectivity index is 2.97. The highest BCUT2D eigenvalue weighted by Gasteiger charge is 2.05. The van der Waals surface area contributed by atoms with Crippen molar-refractivity contribution in [2.75, 3.05) is 7.11 Å². The zero-order valence-electron chi connectivity index (χ0n) is 7.83. The summed E-state index contributed by atoms with van der Waals surface area (Å²) in [6.07, 6.45) is 2.72. The lowest BCUT2D eigenvalue weighted by Crippen LogP contribution is -1.93. The molecule has 5 heteroatoms. The van der Waals surface area contributed by atoms with E-state index in [2.05, 4.69) is 4.74 Å². The molecule has 1 N–H and O–H groups in total. The smallest absolute Gasteiger partial charge is 0.330 e. The van der Waals surface area contributed by atoms with Gasteiger partial charge in [-0.25, -0.2) is 4.79 Å². The van der Waals surface area contributed by atoms with E-state index in [1.54, 1.807) is 0 Å². The van der Waals surface area contributed by atoms with Gasteiger partial charge in [0.05, 0.1) is 17.2 Å². The minimum atomic E-state index is -0.477. The van der Waals surface area contributed by atoms with Crippen molar-refractivity contribution >= 4 is 35.2 Å². The molecule has 0 unspecified atom stereocenters. The third-order valence-corrected chi connectivity index (χ3v) is 2.23. The summed E-state index contributed by atoms with van der Waals surface area (Å²) in [6.45, 7) is 0. The van der Waals surface area contributed by atoms with Crippen LogP contribution in [0.15, 0.2) is 18.2 Å². The summed E-state index contributed by atoms with van der Waals surface area (Å²) in [7, 11) is 1.28. The van der Waals surface area contributed by atoms with Crippen LogP contribution in [0.2, 0.25) is 10.0 Å². The number of esters is 1. The number of methoxy groups -OCH3 is 1. The minimum Gasteiger partial charge on any atom is -0.505 e. The molecule has 15 heavy (non-hydrogen) atoms. The largest absolute Gasteiger partial charge is 0.505 e. The summed E-state index contributed by atoms with van der Waals surface area (Å²) in [4.78, 5) is 10.8. The van der Waals surface area contributed by atoms with Crippen LogP contribution in [0.25, 0.3) is 6.08 Å². The molecule has 1 aromatic carbocycles. The summed E-state index contributed by atoms with van der Waals surface area (Å²) < 4.78 is 4.42. The molecule has 80 valence electrons. The molecule has 0 aliphatic carbocycles. The molecule has 0 heterocycles. The molecular weight excluding hydrogens is 239 g/mol. The van der Waals surface area contributed by atoms with Crippen LogP contribution in [-0.2, 0) is 9.53 Å². The number of halogens is 2. The van der Waals surface area contributed by atoms with Crippen LogP contribution >= 0.6 is 23.2 Å². The lowest BCUT2D eigenvalue weighted by atomic mass is 10.2. The van der Waals surface area contributed by atoms with Gasteiger partial charge < -0.3 is 9.84 Å². The first-order valence-corrected chi connectivity index (χ1v) is 4.74. The molecule has 0 spiro atoms. The zero-order chi connectivity index (χ0) is 11.4. The molecule has 0 saturated heterocycles. The molecule has 0 aliphatic heterocycles. The summed E-state index contributed by atoms with van der Waals surface area (Å²) in [5, 5.41) is 9.54. The zero-order valence-corrected chi connectivity index (χ0v) is 9.34. The molecule has 0 fully saturated rings. The van der Waals surface area contributed by atoms with Crippen molar-refractivity contribution in [1.29, 1.82) is 0 Å². The molecule has 0 amide bonds. The average Bonchev–Trinajstić information content (AvgIpc) is 2.22. The number of aromatic hydroxyl groups is 1. The van der Waals surface area contributed by atoms with E-state index in [4.69, 9.17) is 23.2 Å². The predicted molar refractivity (Wildman–Crippen MR) is 59.2 cm³/mol. The standard InChI is InChI=1S/C10H8Cl2O3/c1-15-9(13)3-2-6-4-7(11)10(14)8(12)5-6/h2-5,14H,1H3/b3-2+. The van der Waals surface area contributed by atoms with Gasteiger partial charge in [0, 0.05) is 6.08 Å². The van der Waals surface area contributed by atoms with Gasteiger partial charge in [-0.05, 0) is 23.8 Å². The maximum atomic E-state index is 10.8. The highest BCUT2D eigenvalue weighted by molar-refractivity contribution is 6.37. The fraction of sp³-hybridized carbons (Fsp3) is 0.100. The molecule has 0 saturated carbocycles. The molecule has 1 rings (SSSR count). The normalized spacial score (nSPS) is 10.6. The Morgan fingerprint density at radius 2 is 1.93 bits per heavy atom. The van der Waals surface area contributed by atoms with E-state index < -0.39 is 5.97 Å². The number of phenols is 1. The molecule has 0 atom stereocenters. The highest BCUT2D eigenvalue weighted by atomic mass is 35.5. The monoisotopic (exact) mass is 246 g/mol. The van der Waals surface area contributed by atoms with Crippen molar-refractivity contribution in [3.63, 3.8) is 0 Å². The maximum Gasteiger partial charge on any atom is 0.330 e. The molecule has 0 bridgehead atoms. The van der Waals surface area contributed by atoms with Crippen LogP contribution in [-0.4, -0.2) is 18.2 Å². The molecule has 0 radical (unpaired) electrons. The molecule has 0 aliphatic rings. The lowest BCUT2D eigenvalue weighted by Gasteiger charge is -2.01. The third-order valence-electron chi connectivity index (χ3n) is 1.65. The van der Waals surface area contributed by atoms with Crippen molar-refractivity contribution in [2.24, 2.45) is 0 Å². The summed E-state index contributed by atoms with van der Waals surface area (Å²) in [6, 6.07) is 2.98. The molecule has 1 aromatic rings. The van der Waals surface area contributed by atoms with E-state index >= 15 is 0 Å². The second kappa shape index (κ2) is 5.05. The molecule has 0 aromatic heterocycles. The number of benzene rings is 1. The van der Waals surface area contributed by atoms with Crippen molar-refractivity contribution in [1.82, 2.24) is 0 Å². The van der Waals surface area contributed by atoms with E-state index in [0.29, 0.717) is 5.56 Å². The number of hydrogen-bond acceptors (Lipinski definition) is 3. The van der Waals surface area contributed by atoms with Crippen molar-refractivity contribution in [3.8, 4) is 5.75 Å². The SMILES string of the molecule is COC(=O)/C=C/c1cc(Cl)c(O)c(Cl)c1. The lowest BCUT2D eigenvalue weighted by molar-refractivity contribution is -0.134. The number of ether oxygens (including phenoxy) is 1. The Morgan fingerprint density at radius 3 is 2.40 bits per heavy atom. The molecular formula is C10H8Cl2O3. The van der Waals surface area contributed by atoms with Gasteiger partial charge in [0.2, 0.25) is 0 Å². The Morgan fingerprint density at radius 1 is 1.40 bits per heavy atom. The van der Waals surface area contributed by atoms with E-state index in [-0.39, 0.29) is 15.8 Å². The van der Waals surface area contributed by atoms with Gasteiger partial charge in [-0.15, -0.1) is 0 Å². The van der Waals surface area contributed by atoms with Gasteiger partial charge in [0.15, 0.2) is 5.75 Å². The summed E-state index contributed by atoms with van der Waals surface area (Å²) in [5.74, 6) is -0.649. The van der Waals surface area contributed by atoms with Crippen LogP contribution in [0.4, 0.5) is 0 Å². The van der Waals surface area contributed by atoms with Gasteiger partial charge in [-0.1, -0.05) is 23.2 Å². The number of hydrogen-bond donors (Lipinski definition) is 1. The average molecular weight is 247 g/mol. The van der Waals surface area contributed by atoms with Crippen LogP contribution in [0.5, 0.6) is 5.75 Å². The van der Waals surface area contributed by atoms with E-state index in [9.17, 15) is 9.90 Å². The van der Waals surface area contributed by atoms with E-state index in [1.165, 1.54) is 31.4 Å². The van der Waals surface area contributed by atoms with Crippen LogP contribution in [0.3, 0.4) is 0 Å². The summed E-state index contributed by atoms with van der Waals surface area (Å²) >= 11 is 11.4. The van der Waals surface area contributed by atoms with E-state index in [1.807, 2.05) is 0 Å². The van der Waals surface area contributed by atoms with Gasteiger partial charge in [-0.3, -0.25) is 0 Å². The van der Waals surface area contributed by atoms with Crippen LogP contribution in [0, 0.1) is 0 Å². The second-order valence-electron chi connectivity index (χ2n) is 2.69. The number of phenolic OH excluding ortho intramolecular Hbond substituents is 1. The van der Waals surface area contributed by atoms with Crippen molar-refractivity contribution < 1.29 is 14.6 Å². The second-order valence-corrected chi connectivity index (χ2v) is 3.50. The van der Waals surface area contributed by atoms with Gasteiger partial charge >= 0.3 is 5.97 Å². The molecule has 3 nitrogen and oxygen atoms in total. The Bertz CT molecular complexity index is 390. The first kappa shape index (κ1) is 11.9. The number of carbonyl (C=O) groups excluding carboxylic acids is 1. The fourth-order valence-corrected chi connectivity index (χ4v) is 1.42. The van der Waals surface area contributed by atoms with E-state index in [0.717, 1.165) is 0 Å². The Kier molecular flexibility index (Phi) is 4.00. The number of carbonyl (C=O) groups is 1. The third kappa shape index (κ3) is 3.15. The maximum absolute atomic E-state index is 10.8. The summed E-state index contributed by atoms with van der Waals surface area (Å²) in [5.41, 5.74) is 0.605. The highest BCUT2D eigenvalue weighted by Crippen LogP contribution is 2.32. The topological polar surface area (TPSA) is 46.5 Å². The predicted octanol–water partition coefficient (Wildman–Crippen LogP) is 2.89. The van der Waals surface area contributed by atoms with Gasteiger partial charge in [0.25, 0.3) is 0 Å². The van der Waals surface area contributed by atoms with Crippen molar-refractivity contribution in [3.05, 3.63) is 33.8 Å². The van der Waals surface area contributed by atoms with Crippen LogP contribution < -0.4 is 0 Å². The Hall–Kier alpha value is -1.19. The van der Waals surface area contributed by atoms with Gasteiger partial charge in [0.1, 0.15) is 0 Å². The first-order valence-electron chi connectivity index (χ1n) is 3.98. The van der Waals surface area contributed by atoms with Crippen molar-refractivity contribution in [2.45, 2.75) is 0 Å². The van der Waals surface area contributed by atoms with Gasteiger partial charge in [-0.2, -0.15) is 0 Å².